The number of hydrogen-bond donors (Lipinski definition) is 3. The Labute approximate surface area is 170 Å². The van der Waals surface area contributed by atoms with Gasteiger partial charge in [-0.3, -0.25) is 20.2 Å². The zero-order chi connectivity index (χ0) is 21.7. The van der Waals surface area contributed by atoms with Crippen molar-refractivity contribution in [3.8, 4) is 0 Å². The van der Waals surface area contributed by atoms with Crippen molar-refractivity contribution in [2.45, 2.75) is 19.9 Å². The molecule has 0 aliphatic rings. The predicted octanol–water partition coefficient (Wildman–Crippen LogP) is 4.00. The van der Waals surface area contributed by atoms with E-state index in [-0.39, 0.29) is 29.3 Å². The molecule has 0 saturated heterocycles. The van der Waals surface area contributed by atoms with E-state index < -0.39 is 9.85 Å². The highest BCUT2D eigenvalue weighted by atomic mass is 16.6. The summed E-state index contributed by atoms with van der Waals surface area (Å²) >= 11 is 0. The van der Waals surface area contributed by atoms with Crippen molar-refractivity contribution in [3.05, 3.63) is 68.8 Å². The van der Waals surface area contributed by atoms with Crippen LogP contribution in [0.2, 0.25) is 0 Å². The summed E-state index contributed by atoms with van der Waals surface area (Å²) in [5.74, 6) is 0.742. The quantitative estimate of drug-likeness (QED) is 0.365. The van der Waals surface area contributed by atoms with Gasteiger partial charge in [0.05, 0.1) is 9.85 Å². The van der Waals surface area contributed by atoms with Gasteiger partial charge in [-0.25, -0.2) is 0 Å². The van der Waals surface area contributed by atoms with Crippen molar-refractivity contribution in [3.63, 3.8) is 0 Å². The molecule has 2 aromatic carbocycles. The molecule has 0 radical (unpaired) electrons. The zero-order valence-corrected chi connectivity index (χ0v) is 16.1. The van der Waals surface area contributed by atoms with Crippen LogP contribution in [0.25, 0.3) is 0 Å². The third-order valence-corrected chi connectivity index (χ3v) is 3.72. The average molecular weight is 410 g/mol. The van der Waals surface area contributed by atoms with Crippen LogP contribution in [0.15, 0.2) is 48.5 Å². The minimum atomic E-state index is -0.483. The largest absolute Gasteiger partial charge is 0.352 e. The lowest BCUT2D eigenvalue weighted by molar-refractivity contribution is -0.385. The lowest BCUT2D eigenvalue weighted by atomic mass is 10.3. The van der Waals surface area contributed by atoms with E-state index in [9.17, 15) is 20.2 Å². The standard InChI is InChI=1S/C18H18N8O4/c1-11(2)19-16-22-17(20-12-3-7-14(8-4-12)25(27)28)24-18(23-16)21-13-5-9-15(10-6-13)26(29)30/h3-11H,1-2H3,(H3,19,20,21,22,23,24). The molecule has 0 saturated carbocycles. The third kappa shape index (κ3) is 5.34. The lowest BCUT2D eigenvalue weighted by Crippen LogP contribution is -2.15. The molecule has 12 nitrogen and oxygen atoms in total. The fourth-order valence-corrected chi connectivity index (χ4v) is 2.40. The number of nitrogens with one attached hydrogen (secondary N) is 3. The van der Waals surface area contributed by atoms with Crippen LogP contribution in [0.5, 0.6) is 0 Å². The Morgan fingerprint density at radius 2 is 1.07 bits per heavy atom. The number of nitrogens with zero attached hydrogens (tertiary/aromatic N) is 5. The first-order valence-electron chi connectivity index (χ1n) is 8.86. The monoisotopic (exact) mass is 410 g/mol. The normalized spacial score (nSPS) is 10.5. The first-order chi connectivity index (χ1) is 14.3. The molecular formula is C18H18N8O4. The maximum atomic E-state index is 10.8. The van der Waals surface area contributed by atoms with Crippen LogP contribution >= 0.6 is 0 Å². The molecule has 0 unspecified atom stereocenters. The third-order valence-electron chi connectivity index (χ3n) is 3.72. The van der Waals surface area contributed by atoms with Gasteiger partial charge in [-0.15, -0.1) is 0 Å². The van der Waals surface area contributed by atoms with Crippen LogP contribution < -0.4 is 16.0 Å². The Bertz CT molecular complexity index is 977. The first kappa shape index (κ1) is 20.4. The van der Waals surface area contributed by atoms with Crippen molar-refractivity contribution >= 4 is 40.6 Å². The van der Waals surface area contributed by atoms with Crippen LogP contribution in [0.1, 0.15) is 13.8 Å². The van der Waals surface area contributed by atoms with E-state index in [2.05, 4.69) is 30.9 Å². The van der Waals surface area contributed by atoms with Gasteiger partial charge in [0.2, 0.25) is 17.8 Å². The van der Waals surface area contributed by atoms with E-state index >= 15 is 0 Å². The Morgan fingerprint density at radius 1 is 0.700 bits per heavy atom. The fraction of sp³-hybridized carbons (Fsp3) is 0.167. The van der Waals surface area contributed by atoms with Gasteiger partial charge in [-0.05, 0) is 38.1 Å². The molecule has 1 heterocycles. The minimum Gasteiger partial charge on any atom is -0.352 e. The number of anilines is 5. The molecule has 0 aliphatic heterocycles. The molecule has 0 atom stereocenters. The maximum Gasteiger partial charge on any atom is 0.269 e. The summed E-state index contributed by atoms with van der Waals surface area (Å²) in [5, 5.41) is 30.6. The Morgan fingerprint density at radius 3 is 1.40 bits per heavy atom. The van der Waals surface area contributed by atoms with Crippen molar-refractivity contribution in [1.82, 2.24) is 15.0 Å². The lowest BCUT2D eigenvalue weighted by Gasteiger charge is -2.13. The van der Waals surface area contributed by atoms with Crippen LogP contribution in [0, 0.1) is 20.2 Å². The van der Waals surface area contributed by atoms with Gasteiger partial charge < -0.3 is 16.0 Å². The van der Waals surface area contributed by atoms with Gasteiger partial charge in [0.25, 0.3) is 11.4 Å². The highest BCUT2D eigenvalue weighted by Gasteiger charge is 2.11. The van der Waals surface area contributed by atoms with Crippen molar-refractivity contribution in [1.29, 1.82) is 0 Å². The second kappa shape index (κ2) is 8.77. The van der Waals surface area contributed by atoms with E-state index in [1.54, 1.807) is 24.3 Å². The second-order valence-electron chi connectivity index (χ2n) is 6.46. The molecule has 1 aromatic heterocycles. The van der Waals surface area contributed by atoms with E-state index in [0.29, 0.717) is 17.3 Å². The number of benzene rings is 2. The molecular weight excluding hydrogens is 392 g/mol. The van der Waals surface area contributed by atoms with Crippen LogP contribution in [-0.2, 0) is 0 Å². The molecule has 0 spiro atoms. The second-order valence-corrected chi connectivity index (χ2v) is 6.46. The van der Waals surface area contributed by atoms with E-state index in [1.165, 1.54) is 24.3 Å². The highest BCUT2D eigenvalue weighted by molar-refractivity contribution is 5.61. The molecule has 3 N–H and O–H groups in total. The molecule has 30 heavy (non-hydrogen) atoms. The smallest absolute Gasteiger partial charge is 0.269 e. The number of nitro groups is 2. The van der Waals surface area contributed by atoms with Gasteiger partial charge in [0.15, 0.2) is 0 Å². The molecule has 0 amide bonds. The molecule has 0 bridgehead atoms. The molecule has 3 aromatic rings. The van der Waals surface area contributed by atoms with Gasteiger partial charge in [-0.1, -0.05) is 0 Å². The summed E-state index contributed by atoms with van der Waals surface area (Å²) in [7, 11) is 0. The van der Waals surface area contributed by atoms with Crippen molar-refractivity contribution in [2.24, 2.45) is 0 Å². The molecule has 0 aliphatic carbocycles. The first-order valence-corrected chi connectivity index (χ1v) is 8.86. The molecule has 3 rings (SSSR count). The van der Waals surface area contributed by atoms with E-state index in [4.69, 9.17) is 0 Å². The number of hydrogen-bond acceptors (Lipinski definition) is 10. The minimum absolute atomic E-state index is 0.0288. The van der Waals surface area contributed by atoms with Crippen LogP contribution in [0.3, 0.4) is 0 Å². The SMILES string of the molecule is CC(C)Nc1nc(Nc2ccc([N+](=O)[O-])cc2)nc(Nc2ccc([N+](=O)[O-])cc2)n1. The Balaban J connectivity index is 1.85. The van der Waals surface area contributed by atoms with Gasteiger partial charge in [0.1, 0.15) is 0 Å². The topological polar surface area (TPSA) is 161 Å². The number of non-ortho nitro benzene ring substituents is 2. The Kier molecular flexibility index (Phi) is 5.96. The van der Waals surface area contributed by atoms with Crippen molar-refractivity contribution in [2.75, 3.05) is 16.0 Å². The number of aromatic nitrogens is 3. The van der Waals surface area contributed by atoms with Gasteiger partial charge in [0, 0.05) is 41.7 Å². The number of nitro benzene ring substituents is 2. The van der Waals surface area contributed by atoms with E-state index in [1.807, 2.05) is 13.8 Å². The summed E-state index contributed by atoms with van der Waals surface area (Å²) < 4.78 is 0. The average Bonchev–Trinajstić information content (AvgIpc) is 2.68. The van der Waals surface area contributed by atoms with Gasteiger partial charge in [-0.2, -0.15) is 15.0 Å². The summed E-state index contributed by atoms with van der Waals surface area (Å²) in [6, 6.07) is 11.7. The fourth-order valence-electron chi connectivity index (χ4n) is 2.40. The zero-order valence-electron chi connectivity index (χ0n) is 16.1. The Hall–Kier alpha value is -4.35. The van der Waals surface area contributed by atoms with Crippen molar-refractivity contribution < 1.29 is 9.85 Å². The summed E-state index contributed by atoms with van der Waals surface area (Å²) in [5.41, 5.74) is 1.06. The summed E-state index contributed by atoms with van der Waals surface area (Å²) in [6.45, 7) is 3.85. The van der Waals surface area contributed by atoms with E-state index in [0.717, 1.165) is 0 Å². The molecule has 12 heteroatoms. The summed E-state index contributed by atoms with van der Waals surface area (Å²) in [6.07, 6.45) is 0. The predicted molar refractivity (Wildman–Crippen MR) is 111 cm³/mol. The highest BCUT2D eigenvalue weighted by Crippen LogP contribution is 2.22. The molecule has 0 fully saturated rings. The van der Waals surface area contributed by atoms with Gasteiger partial charge >= 0.3 is 0 Å². The van der Waals surface area contributed by atoms with Crippen LogP contribution in [0.4, 0.5) is 40.6 Å². The number of rotatable bonds is 8. The summed E-state index contributed by atoms with van der Waals surface area (Å²) in [4.78, 5) is 33.5. The van der Waals surface area contributed by atoms with Crippen LogP contribution in [-0.4, -0.2) is 30.8 Å². The maximum absolute atomic E-state index is 10.8. The molecule has 154 valence electrons.